The molecule has 3 rings (SSSR count). The highest BCUT2D eigenvalue weighted by Crippen LogP contribution is 2.24. The summed E-state index contributed by atoms with van der Waals surface area (Å²) in [5, 5.41) is 2.98. The molecular weight excluding hydrogens is 336 g/mol. The highest BCUT2D eigenvalue weighted by molar-refractivity contribution is 5.91. The summed E-state index contributed by atoms with van der Waals surface area (Å²) >= 11 is 0. The maximum Gasteiger partial charge on any atom is 0.244 e. The number of benzene rings is 2. The summed E-state index contributed by atoms with van der Waals surface area (Å²) in [5.41, 5.74) is 3.15. The fraction of sp³-hybridized carbons (Fsp3) is 0.130. The highest BCUT2D eigenvalue weighted by atomic mass is 16.5. The van der Waals surface area contributed by atoms with Crippen molar-refractivity contribution < 1.29 is 9.53 Å². The third-order valence-electron chi connectivity index (χ3n) is 4.09. The van der Waals surface area contributed by atoms with Crippen LogP contribution in [0.5, 0.6) is 11.5 Å². The molecule has 0 saturated heterocycles. The number of carbonyl (C=O) groups excluding carboxylic acids is 1. The molecule has 1 N–H and O–H groups in total. The molecule has 0 saturated carbocycles. The molecule has 0 spiro atoms. The molecule has 0 aliphatic carbocycles. The van der Waals surface area contributed by atoms with Gasteiger partial charge in [-0.25, -0.2) is 0 Å². The Kier molecular flexibility index (Phi) is 6.00. The molecule has 0 radical (unpaired) electrons. The number of hydrogen-bond donors (Lipinski definition) is 1. The van der Waals surface area contributed by atoms with Gasteiger partial charge in [0.1, 0.15) is 11.5 Å². The molecule has 27 heavy (non-hydrogen) atoms. The van der Waals surface area contributed by atoms with Gasteiger partial charge in [0.2, 0.25) is 5.91 Å². The molecule has 3 aromatic rings. The monoisotopic (exact) mass is 358 g/mol. The van der Waals surface area contributed by atoms with E-state index in [0.29, 0.717) is 11.5 Å². The van der Waals surface area contributed by atoms with Crippen molar-refractivity contribution in [3.63, 3.8) is 0 Å². The first kappa shape index (κ1) is 18.4. The van der Waals surface area contributed by atoms with Gasteiger partial charge in [-0.2, -0.15) is 0 Å². The largest absolute Gasteiger partial charge is 0.456 e. The smallest absolute Gasteiger partial charge is 0.244 e. The Morgan fingerprint density at radius 1 is 1.07 bits per heavy atom. The second kappa shape index (κ2) is 8.81. The first-order valence-electron chi connectivity index (χ1n) is 8.83. The van der Waals surface area contributed by atoms with E-state index < -0.39 is 0 Å². The molecule has 136 valence electrons. The van der Waals surface area contributed by atoms with Crippen molar-refractivity contribution in [1.29, 1.82) is 0 Å². The number of nitrogens with zero attached hydrogens (tertiary/aromatic N) is 1. The van der Waals surface area contributed by atoms with Crippen LogP contribution in [0.4, 0.5) is 0 Å². The van der Waals surface area contributed by atoms with Crippen molar-refractivity contribution in [2.45, 2.75) is 19.9 Å². The topological polar surface area (TPSA) is 51.2 Å². The van der Waals surface area contributed by atoms with Crippen LogP contribution in [0.3, 0.4) is 0 Å². The number of carbonyl (C=O) groups is 1. The number of pyridine rings is 1. The standard InChI is InChI=1S/C23H22N2O2/c1-17-8-10-19(11-9-17)12-13-23(26)25-18(2)20-5-3-6-21(15-20)27-22-7-4-14-24-16-22/h3-16,18H,1-2H3,(H,25,26)/b13-12-/t18-/m0/s1. The van der Waals surface area contributed by atoms with Crippen LogP contribution < -0.4 is 10.1 Å². The summed E-state index contributed by atoms with van der Waals surface area (Å²) < 4.78 is 5.80. The van der Waals surface area contributed by atoms with Gasteiger partial charge in [-0.1, -0.05) is 42.0 Å². The van der Waals surface area contributed by atoms with E-state index in [1.807, 2.05) is 80.6 Å². The maximum absolute atomic E-state index is 12.2. The van der Waals surface area contributed by atoms with Crippen LogP contribution in [0, 0.1) is 6.92 Å². The normalized spacial score (nSPS) is 11.9. The van der Waals surface area contributed by atoms with Crippen molar-refractivity contribution in [2.24, 2.45) is 0 Å². The summed E-state index contributed by atoms with van der Waals surface area (Å²) in [6.07, 6.45) is 6.72. The van der Waals surface area contributed by atoms with E-state index in [1.165, 1.54) is 5.56 Å². The first-order valence-corrected chi connectivity index (χ1v) is 8.83. The van der Waals surface area contributed by atoms with Crippen molar-refractivity contribution in [1.82, 2.24) is 10.3 Å². The van der Waals surface area contributed by atoms with Gasteiger partial charge in [-0.15, -0.1) is 0 Å². The molecular formula is C23H22N2O2. The summed E-state index contributed by atoms with van der Waals surface area (Å²) in [5.74, 6) is 1.24. The molecule has 0 aliphatic heterocycles. The van der Waals surface area contributed by atoms with Gasteiger partial charge in [0.15, 0.2) is 0 Å². The number of aromatic nitrogens is 1. The van der Waals surface area contributed by atoms with E-state index in [-0.39, 0.29) is 11.9 Å². The van der Waals surface area contributed by atoms with Gasteiger partial charge < -0.3 is 10.1 Å². The number of aryl methyl sites for hydroxylation is 1. The van der Waals surface area contributed by atoms with Crippen molar-refractivity contribution >= 4 is 12.0 Å². The number of amides is 1. The minimum atomic E-state index is -0.141. The van der Waals surface area contributed by atoms with Crippen LogP contribution in [0.2, 0.25) is 0 Å². The van der Waals surface area contributed by atoms with E-state index in [4.69, 9.17) is 4.74 Å². The number of ether oxygens (including phenoxy) is 1. The third kappa shape index (κ3) is 5.54. The Bertz CT molecular complexity index is 919. The molecule has 0 unspecified atom stereocenters. The summed E-state index contributed by atoms with van der Waals surface area (Å²) in [6, 6.07) is 19.2. The second-order valence-corrected chi connectivity index (χ2v) is 6.34. The van der Waals surface area contributed by atoms with Crippen LogP contribution in [0.15, 0.2) is 79.1 Å². The SMILES string of the molecule is Cc1ccc(/C=C\C(=O)N[C@@H](C)c2cccc(Oc3cccnc3)c2)cc1. The number of hydrogen-bond acceptors (Lipinski definition) is 3. The van der Waals surface area contributed by atoms with Crippen LogP contribution in [-0.2, 0) is 4.79 Å². The molecule has 0 fully saturated rings. The fourth-order valence-electron chi connectivity index (χ4n) is 2.59. The quantitative estimate of drug-likeness (QED) is 0.626. The zero-order valence-corrected chi connectivity index (χ0v) is 15.4. The molecule has 1 aromatic heterocycles. The zero-order valence-electron chi connectivity index (χ0n) is 15.4. The molecule has 0 aliphatic rings. The Morgan fingerprint density at radius 3 is 2.59 bits per heavy atom. The lowest BCUT2D eigenvalue weighted by atomic mass is 10.1. The zero-order chi connectivity index (χ0) is 19.1. The number of nitrogens with one attached hydrogen (secondary N) is 1. The van der Waals surface area contributed by atoms with Crippen LogP contribution in [-0.4, -0.2) is 10.9 Å². The fourth-order valence-corrected chi connectivity index (χ4v) is 2.59. The van der Waals surface area contributed by atoms with Crippen molar-refractivity contribution in [3.05, 3.63) is 95.8 Å². The minimum absolute atomic E-state index is 0.137. The van der Waals surface area contributed by atoms with E-state index >= 15 is 0 Å². The van der Waals surface area contributed by atoms with E-state index in [2.05, 4.69) is 10.3 Å². The first-order chi connectivity index (χ1) is 13.1. The maximum atomic E-state index is 12.2. The van der Waals surface area contributed by atoms with Crippen LogP contribution in [0.1, 0.15) is 29.7 Å². The van der Waals surface area contributed by atoms with E-state index in [9.17, 15) is 4.79 Å². The second-order valence-electron chi connectivity index (χ2n) is 6.34. The predicted octanol–water partition coefficient (Wildman–Crippen LogP) is 5.07. The Labute approximate surface area is 159 Å². The lowest BCUT2D eigenvalue weighted by molar-refractivity contribution is -0.117. The van der Waals surface area contributed by atoms with Gasteiger partial charge in [-0.3, -0.25) is 9.78 Å². The van der Waals surface area contributed by atoms with E-state index in [1.54, 1.807) is 18.5 Å². The molecule has 1 atom stereocenters. The van der Waals surface area contributed by atoms with Crippen LogP contribution in [0.25, 0.3) is 6.08 Å². The van der Waals surface area contributed by atoms with Gasteiger partial charge in [0.05, 0.1) is 12.2 Å². The van der Waals surface area contributed by atoms with Crippen LogP contribution >= 0.6 is 0 Å². The molecule has 1 heterocycles. The third-order valence-corrected chi connectivity index (χ3v) is 4.09. The summed E-state index contributed by atoms with van der Waals surface area (Å²) in [7, 11) is 0. The highest BCUT2D eigenvalue weighted by Gasteiger charge is 2.09. The molecule has 1 amide bonds. The summed E-state index contributed by atoms with van der Waals surface area (Å²) in [4.78, 5) is 16.2. The molecule has 4 nitrogen and oxygen atoms in total. The Hall–Kier alpha value is -3.40. The van der Waals surface area contributed by atoms with Crippen molar-refractivity contribution in [2.75, 3.05) is 0 Å². The lowest BCUT2D eigenvalue weighted by Crippen LogP contribution is -2.24. The molecule has 0 bridgehead atoms. The van der Waals surface area contributed by atoms with Gasteiger partial charge in [-0.05, 0) is 55.3 Å². The van der Waals surface area contributed by atoms with Gasteiger partial charge in [0.25, 0.3) is 0 Å². The van der Waals surface area contributed by atoms with E-state index in [0.717, 1.165) is 11.1 Å². The Morgan fingerprint density at radius 2 is 1.85 bits per heavy atom. The average Bonchev–Trinajstić information content (AvgIpc) is 2.68. The molecule has 4 heteroatoms. The van der Waals surface area contributed by atoms with Crippen molar-refractivity contribution in [3.8, 4) is 11.5 Å². The lowest BCUT2D eigenvalue weighted by Gasteiger charge is -2.14. The minimum Gasteiger partial charge on any atom is -0.456 e. The molecule has 2 aromatic carbocycles. The van der Waals surface area contributed by atoms with Gasteiger partial charge in [0, 0.05) is 12.3 Å². The predicted molar refractivity (Wildman–Crippen MR) is 108 cm³/mol. The average molecular weight is 358 g/mol. The summed E-state index contributed by atoms with van der Waals surface area (Å²) in [6.45, 7) is 3.98. The number of rotatable bonds is 6. The van der Waals surface area contributed by atoms with Gasteiger partial charge >= 0.3 is 0 Å². The Balaban J connectivity index is 1.61.